The summed E-state index contributed by atoms with van der Waals surface area (Å²) in [6.07, 6.45) is 0. The Balaban J connectivity index is 1.36. The number of hydrogen-bond acceptors (Lipinski definition) is 8. The van der Waals surface area contributed by atoms with E-state index in [-0.39, 0.29) is 23.1 Å². The van der Waals surface area contributed by atoms with Gasteiger partial charge in [-0.1, -0.05) is 51.8 Å². The number of imide groups is 1. The zero-order valence-corrected chi connectivity index (χ0v) is 16.8. The molecule has 0 saturated carbocycles. The highest BCUT2D eigenvalue weighted by molar-refractivity contribution is 6.32. The summed E-state index contributed by atoms with van der Waals surface area (Å²) in [6.45, 7) is 1.98. The van der Waals surface area contributed by atoms with Crippen LogP contribution >= 0.6 is 11.6 Å². The third-order valence-corrected chi connectivity index (χ3v) is 5.38. The Labute approximate surface area is 180 Å². The number of carbonyl (C=O) groups excluding carboxylic acids is 2. The topological polar surface area (TPSA) is 104 Å². The van der Waals surface area contributed by atoms with Gasteiger partial charge in [-0.15, -0.1) is 0 Å². The minimum atomic E-state index is -1.00. The minimum Gasteiger partial charge on any atom is -0.337 e. The van der Waals surface area contributed by atoms with Crippen molar-refractivity contribution in [3.8, 4) is 11.4 Å². The Morgan fingerprint density at radius 1 is 1.13 bits per heavy atom. The normalized spacial score (nSPS) is 20.1. The summed E-state index contributed by atoms with van der Waals surface area (Å²) in [5.74, 6) is -1.12. The highest BCUT2D eigenvalue weighted by atomic mass is 35.5. The smallest absolute Gasteiger partial charge is 0.263 e. The number of rotatable bonds is 4. The summed E-state index contributed by atoms with van der Waals surface area (Å²) in [5.41, 5.74) is 2.06. The van der Waals surface area contributed by atoms with E-state index in [4.69, 9.17) is 16.1 Å². The van der Waals surface area contributed by atoms with Crippen molar-refractivity contribution in [2.24, 2.45) is 10.3 Å². The van der Waals surface area contributed by atoms with Gasteiger partial charge < -0.3 is 4.52 Å². The molecule has 0 bridgehead atoms. The van der Waals surface area contributed by atoms with Crippen LogP contribution < -0.4 is 4.90 Å². The fourth-order valence-electron chi connectivity index (χ4n) is 3.51. The zero-order valence-electron chi connectivity index (χ0n) is 16.1. The van der Waals surface area contributed by atoms with E-state index in [0.29, 0.717) is 5.82 Å². The van der Waals surface area contributed by atoms with Crippen LogP contribution in [-0.4, -0.2) is 39.0 Å². The first-order valence-electron chi connectivity index (χ1n) is 9.32. The second kappa shape index (κ2) is 7.24. The molecular weight excluding hydrogens is 427 g/mol. The van der Waals surface area contributed by atoms with Crippen LogP contribution in [0.5, 0.6) is 0 Å². The van der Waals surface area contributed by atoms with Gasteiger partial charge in [0.05, 0.1) is 10.7 Å². The van der Waals surface area contributed by atoms with Gasteiger partial charge >= 0.3 is 0 Å². The molecule has 2 aliphatic heterocycles. The molecule has 0 aliphatic carbocycles. The van der Waals surface area contributed by atoms with Crippen molar-refractivity contribution in [1.82, 2.24) is 15.1 Å². The Kier molecular flexibility index (Phi) is 4.51. The first-order valence-corrected chi connectivity index (χ1v) is 9.70. The lowest BCUT2D eigenvalue weighted by molar-refractivity contribution is -0.123. The Morgan fingerprint density at radius 3 is 2.65 bits per heavy atom. The van der Waals surface area contributed by atoms with E-state index in [2.05, 4.69) is 20.5 Å². The summed E-state index contributed by atoms with van der Waals surface area (Å²) in [7, 11) is 0. The Morgan fingerprint density at radius 2 is 1.90 bits per heavy atom. The van der Waals surface area contributed by atoms with Crippen molar-refractivity contribution in [3.05, 3.63) is 64.8 Å². The third kappa shape index (κ3) is 3.25. The fourth-order valence-corrected chi connectivity index (χ4v) is 3.68. The van der Waals surface area contributed by atoms with E-state index in [1.807, 2.05) is 31.2 Å². The quantitative estimate of drug-likeness (QED) is 0.576. The SMILES string of the molecule is Cc1ccc(-c2noc(CN3N=N[C@H]4C(=O)N(c5ccc(F)c(Cl)c5)C(=O)[C@H]43)n2)cc1. The number of fused-ring (bicyclic) bond motifs is 1. The van der Waals surface area contributed by atoms with Gasteiger partial charge in [0.2, 0.25) is 11.7 Å². The maximum Gasteiger partial charge on any atom is 0.263 e. The average molecular weight is 441 g/mol. The lowest BCUT2D eigenvalue weighted by Crippen LogP contribution is -2.39. The number of benzene rings is 2. The number of aromatic nitrogens is 2. The maximum atomic E-state index is 13.5. The van der Waals surface area contributed by atoms with Crippen molar-refractivity contribution in [3.63, 3.8) is 0 Å². The molecule has 2 aliphatic rings. The van der Waals surface area contributed by atoms with Crippen LogP contribution in [0.25, 0.3) is 11.4 Å². The average Bonchev–Trinajstić information content (AvgIpc) is 3.44. The lowest BCUT2D eigenvalue weighted by atomic mass is 10.1. The van der Waals surface area contributed by atoms with E-state index < -0.39 is 29.7 Å². The second-order valence-electron chi connectivity index (χ2n) is 7.18. The number of aryl methyl sites for hydroxylation is 1. The molecule has 9 nitrogen and oxygen atoms in total. The molecule has 31 heavy (non-hydrogen) atoms. The van der Waals surface area contributed by atoms with Crippen LogP contribution in [0, 0.1) is 12.7 Å². The molecule has 2 atom stereocenters. The van der Waals surface area contributed by atoms with Crippen molar-refractivity contribution in [2.45, 2.75) is 25.6 Å². The van der Waals surface area contributed by atoms with E-state index in [0.717, 1.165) is 22.1 Å². The van der Waals surface area contributed by atoms with Crippen molar-refractivity contribution in [2.75, 3.05) is 4.90 Å². The number of anilines is 1. The number of nitrogens with zero attached hydrogens (tertiary/aromatic N) is 6. The molecule has 0 spiro atoms. The summed E-state index contributed by atoms with van der Waals surface area (Å²) in [6, 6.07) is 9.29. The largest absolute Gasteiger partial charge is 0.337 e. The molecule has 3 aromatic rings. The first-order chi connectivity index (χ1) is 14.9. The van der Waals surface area contributed by atoms with Gasteiger partial charge in [-0.2, -0.15) is 10.1 Å². The molecular formula is C20H14ClFN6O3. The highest BCUT2D eigenvalue weighted by Gasteiger charge is 2.55. The van der Waals surface area contributed by atoms with Crippen LogP contribution in [0.2, 0.25) is 5.02 Å². The van der Waals surface area contributed by atoms with Gasteiger partial charge in [0.25, 0.3) is 11.8 Å². The molecule has 1 saturated heterocycles. The fraction of sp³-hybridized carbons (Fsp3) is 0.200. The second-order valence-corrected chi connectivity index (χ2v) is 7.59. The van der Waals surface area contributed by atoms with Gasteiger partial charge in [0.15, 0.2) is 12.1 Å². The Hall–Kier alpha value is -3.66. The molecule has 0 N–H and O–H groups in total. The zero-order chi connectivity index (χ0) is 21.7. The predicted octanol–water partition coefficient (Wildman–Crippen LogP) is 3.33. The summed E-state index contributed by atoms with van der Waals surface area (Å²) in [4.78, 5) is 31.0. The molecule has 3 heterocycles. The predicted molar refractivity (Wildman–Crippen MR) is 106 cm³/mol. The van der Waals surface area contributed by atoms with Gasteiger partial charge in [-0.05, 0) is 25.1 Å². The summed E-state index contributed by atoms with van der Waals surface area (Å²) >= 11 is 5.80. The van der Waals surface area contributed by atoms with Gasteiger partial charge in [0.1, 0.15) is 12.4 Å². The lowest BCUT2D eigenvalue weighted by Gasteiger charge is -2.19. The standard InChI is InChI=1S/C20H14ClFN6O3/c1-10-2-4-11(5-3-10)18-23-15(31-25-18)9-27-17-16(24-26-27)19(29)28(20(17)30)12-6-7-14(22)13(21)8-12/h2-8,16-17H,9H2,1H3/t16-,17+/m1/s1. The van der Waals surface area contributed by atoms with Crippen LogP contribution in [0.1, 0.15) is 11.5 Å². The van der Waals surface area contributed by atoms with Crippen molar-refractivity contribution >= 4 is 29.1 Å². The molecule has 1 fully saturated rings. The van der Waals surface area contributed by atoms with E-state index in [1.165, 1.54) is 17.1 Å². The molecule has 0 radical (unpaired) electrons. The van der Waals surface area contributed by atoms with Crippen LogP contribution in [0.15, 0.2) is 57.3 Å². The third-order valence-electron chi connectivity index (χ3n) is 5.09. The molecule has 5 rings (SSSR count). The first kappa shape index (κ1) is 19.3. The number of amides is 2. The molecule has 2 aromatic carbocycles. The number of halogens is 2. The van der Waals surface area contributed by atoms with Gasteiger partial charge in [-0.25, -0.2) is 9.29 Å². The molecule has 11 heteroatoms. The monoisotopic (exact) mass is 440 g/mol. The van der Waals surface area contributed by atoms with Crippen LogP contribution in [0.4, 0.5) is 10.1 Å². The number of hydrogen-bond donors (Lipinski definition) is 0. The van der Waals surface area contributed by atoms with Gasteiger partial charge in [0, 0.05) is 5.56 Å². The van der Waals surface area contributed by atoms with E-state index >= 15 is 0 Å². The summed E-state index contributed by atoms with van der Waals surface area (Å²) in [5, 5.41) is 13.0. The summed E-state index contributed by atoms with van der Waals surface area (Å²) < 4.78 is 18.8. The van der Waals surface area contributed by atoms with Crippen LogP contribution in [-0.2, 0) is 16.1 Å². The molecule has 156 valence electrons. The molecule has 2 amide bonds. The minimum absolute atomic E-state index is 0.000558. The maximum absolute atomic E-state index is 13.5. The van der Waals surface area contributed by atoms with Gasteiger partial charge in [-0.3, -0.25) is 14.6 Å². The molecule has 1 aromatic heterocycles. The van der Waals surface area contributed by atoms with E-state index in [9.17, 15) is 14.0 Å². The molecule has 0 unspecified atom stereocenters. The van der Waals surface area contributed by atoms with Crippen molar-refractivity contribution in [1.29, 1.82) is 0 Å². The van der Waals surface area contributed by atoms with Crippen LogP contribution in [0.3, 0.4) is 0 Å². The van der Waals surface area contributed by atoms with Crippen molar-refractivity contribution < 1.29 is 18.5 Å². The number of carbonyl (C=O) groups is 2. The van der Waals surface area contributed by atoms with E-state index in [1.54, 1.807) is 0 Å². The highest BCUT2D eigenvalue weighted by Crippen LogP contribution is 2.34. The Bertz CT molecular complexity index is 1230.